The average molecular weight is 272 g/mol. The largest absolute Gasteiger partial charge is 0.480 e. The standard InChI is InChI=1S/C10H7F3N4O2/c1-4(10(18)19)17-9(14-15-16-17)8-6(12)2-5(11)3-7(8)13/h2-4H,1H3,(H,18,19). The fourth-order valence-corrected chi connectivity index (χ4v) is 1.48. The van der Waals surface area contributed by atoms with Gasteiger partial charge in [0.05, 0.1) is 5.56 Å². The summed E-state index contributed by atoms with van der Waals surface area (Å²) in [6.45, 7) is 1.24. The van der Waals surface area contributed by atoms with Crippen LogP contribution in [0.15, 0.2) is 12.1 Å². The maximum absolute atomic E-state index is 13.6. The Bertz CT molecular complexity index is 620. The predicted octanol–water partition coefficient (Wildman–Crippen LogP) is 1.40. The molecule has 0 bridgehead atoms. The third kappa shape index (κ3) is 2.26. The Morgan fingerprint density at radius 1 is 1.32 bits per heavy atom. The Morgan fingerprint density at radius 2 is 1.89 bits per heavy atom. The van der Waals surface area contributed by atoms with Gasteiger partial charge < -0.3 is 5.11 Å². The summed E-state index contributed by atoms with van der Waals surface area (Å²) in [5.74, 6) is -5.23. The lowest BCUT2D eigenvalue weighted by Gasteiger charge is -2.09. The molecule has 1 aromatic heterocycles. The van der Waals surface area contributed by atoms with Gasteiger partial charge in [-0.3, -0.25) is 0 Å². The number of tetrazole rings is 1. The van der Waals surface area contributed by atoms with Gasteiger partial charge in [-0.25, -0.2) is 22.6 Å². The van der Waals surface area contributed by atoms with Crippen LogP contribution in [0.25, 0.3) is 11.4 Å². The summed E-state index contributed by atoms with van der Waals surface area (Å²) >= 11 is 0. The maximum Gasteiger partial charge on any atom is 0.328 e. The van der Waals surface area contributed by atoms with Gasteiger partial charge in [0.2, 0.25) is 0 Å². The molecule has 0 aliphatic rings. The first kappa shape index (κ1) is 13.0. The first-order valence-electron chi connectivity index (χ1n) is 5.07. The van der Waals surface area contributed by atoms with E-state index >= 15 is 0 Å². The minimum absolute atomic E-state index is 0.426. The molecule has 1 unspecified atom stereocenters. The van der Waals surface area contributed by atoms with E-state index < -0.39 is 40.9 Å². The van der Waals surface area contributed by atoms with Gasteiger partial charge in [0.15, 0.2) is 11.9 Å². The molecule has 1 aromatic carbocycles. The molecule has 0 amide bonds. The molecule has 1 atom stereocenters. The van der Waals surface area contributed by atoms with Crippen molar-refractivity contribution in [2.45, 2.75) is 13.0 Å². The third-order valence-corrected chi connectivity index (χ3v) is 2.45. The first-order chi connectivity index (χ1) is 8.91. The van der Waals surface area contributed by atoms with Crippen molar-refractivity contribution in [3.05, 3.63) is 29.6 Å². The number of hydrogen-bond donors (Lipinski definition) is 1. The molecule has 0 aliphatic heterocycles. The molecule has 1 heterocycles. The van der Waals surface area contributed by atoms with Crippen molar-refractivity contribution in [1.29, 1.82) is 0 Å². The van der Waals surface area contributed by atoms with E-state index in [1.165, 1.54) is 6.92 Å². The molecule has 0 aliphatic carbocycles. The molecule has 0 radical (unpaired) electrons. The Balaban J connectivity index is 2.61. The molecule has 6 nitrogen and oxygen atoms in total. The number of rotatable bonds is 3. The highest BCUT2D eigenvalue weighted by molar-refractivity contribution is 5.72. The van der Waals surface area contributed by atoms with Gasteiger partial charge in [-0.15, -0.1) is 5.10 Å². The molecule has 0 saturated carbocycles. The number of carboxylic acid groups (broad SMARTS) is 1. The molecule has 2 aromatic rings. The van der Waals surface area contributed by atoms with Gasteiger partial charge in [0, 0.05) is 12.1 Å². The van der Waals surface area contributed by atoms with Crippen LogP contribution in [0.4, 0.5) is 13.2 Å². The molecule has 0 fully saturated rings. The second-order valence-electron chi connectivity index (χ2n) is 3.71. The van der Waals surface area contributed by atoms with Crippen molar-refractivity contribution in [1.82, 2.24) is 20.2 Å². The third-order valence-electron chi connectivity index (χ3n) is 2.45. The fraction of sp³-hybridized carbons (Fsp3) is 0.200. The first-order valence-corrected chi connectivity index (χ1v) is 5.07. The van der Waals surface area contributed by atoms with E-state index in [0.29, 0.717) is 12.1 Å². The Hall–Kier alpha value is -2.45. The van der Waals surface area contributed by atoms with Crippen LogP contribution in [0.2, 0.25) is 0 Å². The van der Waals surface area contributed by atoms with E-state index in [1.54, 1.807) is 0 Å². The van der Waals surface area contributed by atoms with Crippen LogP contribution in [0.1, 0.15) is 13.0 Å². The van der Waals surface area contributed by atoms with Gasteiger partial charge in [0.1, 0.15) is 17.5 Å². The highest BCUT2D eigenvalue weighted by Crippen LogP contribution is 2.26. The zero-order chi connectivity index (χ0) is 14.2. The molecule has 9 heteroatoms. The lowest BCUT2D eigenvalue weighted by atomic mass is 10.1. The highest BCUT2D eigenvalue weighted by atomic mass is 19.1. The van der Waals surface area contributed by atoms with Crippen LogP contribution in [0.5, 0.6) is 0 Å². The van der Waals surface area contributed by atoms with E-state index in [4.69, 9.17) is 5.11 Å². The predicted molar refractivity (Wildman–Crippen MR) is 55.5 cm³/mol. The summed E-state index contributed by atoms with van der Waals surface area (Å²) in [7, 11) is 0. The zero-order valence-corrected chi connectivity index (χ0v) is 9.51. The Labute approximate surface area is 104 Å². The molecule has 19 heavy (non-hydrogen) atoms. The minimum Gasteiger partial charge on any atom is -0.480 e. The van der Waals surface area contributed by atoms with Crippen LogP contribution in [0, 0.1) is 17.5 Å². The van der Waals surface area contributed by atoms with Crippen LogP contribution >= 0.6 is 0 Å². The van der Waals surface area contributed by atoms with E-state index in [1.807, 2.05) is 0 Å². The van der Waals surface area contributed by atoms with Gasteiger partial charge in [0.25, 0.3) is 0 Å². The van der Waals surface area contributed by atoms with Crippen LogP contribution < -0.4 is 0 Å². The van der Waals surface area contributed by atoms with Crippen molar-refractivity contribution in [2.75, 3.05) is 0 Å². The van der Waals surface area contributed by atoms with Crippen molar-refractivity contribution >= 4 is 5.97 Å². The van der Waals surface area contributed by atoms with Gasteiger partial charge in [-0.1, -0.05) is 0 Å². The maximum atomic E-state index is 13.6. The second-order valence-corrected chi connectivity index (χ2v) is 3.71. The topological polar surface area (TPSA) is 80.9 Å². The summed E-state index contributed by atoms with van der Waals surface area (Å²) in [4.78, 5) is 10.8. The monoisotopic (exact) mass is 272 g/mol. The summed E-state index contributed by atoms with van der Waals surface area (Å²) in [6, 6.07) is -0.306. The normalized spacial score (nSPS) is 12.4. The number of halogens is 3. The van der Waals surface area contributed by atoms with Crippen LogP contribution in [-0.2, 0) is 4.79 Å². The van der Waals surface area contributed by atoms with E-state index in [2.05, 4.69) is 15.5 Å². The molecule has 0 saturated heterocycles. The van der Waals surface area contributed by atoms with Crippen molar-refractivity contribution in [3.63, 3.8) is 0 Å². The van der Waals surface area contributed by atoms with E-state index in [-0.39, 0.29) is 0 Å². The van der Waals surface area contributed by atoms with Crippen molar-refractivity contribution in [3.8, 4) is 11.4 Å². The molecular formula is C10H7F3N4O2. The Morgan fingerprint density at radius 3 is 2.42 bits per heavy atom. The summed E-state index contributed by atoms with van der Waals surface area (Å²) in [5.41, 5.74) is -0.681. The summed E-state index contributed by atoms with van der Waals surface area (Å²) < 4.78 is 40.7. The summed E-state index contributed by atoms with van der Waals surface area (Å²) in [6.07, 6.45) is 0. The highest BCUT2D eigenvalue weighted by Gasteiger charge is 2.25. The molecule has 1 N–H and O–H groups in total. The number of hydrogen-bond acceptors (Lipinski definition) is 4. The molecule has 0 spiro atoms. The zero-order valence-electron chi connectivity index (χ0n) is 9.51. The average Bonchev–Trinajstić information content (AvgIpc) is 2.75. The lowest BCUT2D eigenvalue weighted by molar-refractivity contribution is -0.140. The number of benzene rings is 1. The van der Waals surface area contributed by atoms with E-state index in [9.17, 15) is 18.0 Å². The van der Waals surface area contributed by atoms with Crippen molar-refractivity contribution in [2.24, 2.45) is 0 Å². The number of aliphatic carboxylic acids is 1. The van der Waals surface area contributed by atoms with Gasteiger partial charge in [-0.05, 0) is 17.4 Å². The van der Waals surface area contributed by atoms with Crippen LogP contribution in [0.3, 0.4) is 0 Å². The number of carbonyl (C=O) groups is 1. The number of aromatic nitrogens is 4. The lowest BCUT2D eigenvalue weighted by Crippen LogP contribution is -2.18. The number of carboxylic acids is 1. The fourth-order valence-electron chi connectivity index (χ4n) is 1.48. The van der Waals surface area contributed by atoms with Gasteiger partial charge >= 0.3 is 5.97 Å². The summed E-state index contributed by atoms with van der Waals surface area (Å²) in [5, 5.41) is 18.8. The molecular weight excluding hydrogens is 265 g/mol. The molecule has 100 valence electrons. The minimum atomic E-state index is -1.28. The smallest absolute Gasteiger partial charge is 0.328 e. The van der Waals surface area contributed by atoms with Crippen LogP contribution in [-0.4, -0.2) is 31.3 Å². The van der Waals surface area contributed by atoms with Gasteiger partial charge in [-0.2, -0.15) is 0 Å². The SMILES string of the molecule is CC(C(=O)O)n1nnnc1-c1c(F)cc(F)cc1F. The Kier molecular flexibility index (Phi) is 3.19. The number of nitrogens with zero attached hydrogens (tertiary/aromatic N) is 4. The van der Waals surface area contributed by atoms with Crippen molar-refractivity contribution < 1.29 is 23.1 Å². The van der Waals surface area contributed by atoms with E-state index in [0.717, 1.165) is 4.68 Å². The molecule has 2 rings (SSSR count). The second kappa shape index (κ2) is 4.67. The quantitative estimate of drug-likeness (QED) is 0.913.